The van der Waals surface area contributed by atoms with E-state index in [4.69, 9.17) is 4.74 Å². The molecule has 2 rings (SSSR count). The minimum atomic E-state index is 0. The fraction of sp³-hybridized carbons (Fsp3) is 0.882. The molecular weight excluding hydrogens is 419 g/mol. The van der Waals surface area contributed by atoms with E-state index in [0.717, 1.165) is 64.5 Å². The van der Waals surface area contributed by atoms with Crippen LogP contribution in [0.25, 0.3) is 0 Å². The van der Waals surface area contributed by atoms with E-state index in [-0.39, 0.29) is 29.9 Å². The van der Waals surface area contributed by atoms with Gasteiger partial charge in [-0.25, -0.2) is 0 Å². The van der Waals surface area contributed by atoms with Crippen LogP contribution in [0.3, 0.4) is 0 Å². The molecule has 7 heteroatoms. The maximum atomic E-state index is 12.5. The van der Waals surface area contributed by atoms with Gasteiger partial charge in [0.05, 0.1) is 0 Å². The zero-order chi connectivity index (χ0) is 16.5. The summed E-state index contributed by atoms with van der Waals surface area (Å²) in [6.45, 7) is 6.06. The maximum absolute atomic E-state index is 12.5. The van der Waals surface area contributed by atoms with E-state index < -0.39 is 0 Å². The van der Waals surface area contributed by atoms with E-state index in [0.29, 0.717) is 11.9 Å². The van der Waals surface area contributed by atoms with Gasteiger partial charge in [0.25, 0.3) is 0 Å². The van der Waals surface area contributed by atoms with Crippen molar-refractivity contribution in [1.82, 2.24) is 15.5 Å². The number of hydrogen-bond donors (Lipinski definition) is 2. The molecule has 1 saturated carbocycles. The molecule has 0 aromatic rings. The number of likely N-dealkylation sites (tertiary alicyclic amines) is 1. The van der Waals surface area contributed by atoms with Crippen molar-refractivity contribution in [2.45, 2.75) is 51.5 Å². The van der Waals surface area contributed by atoms with Gasteiger partial charge in [-0.15, -0.1) is 24.0 Å². The Morgan fingerprint density at radius 1 is 1.29 bits per heavy atom. The van der Waals surface area contributed by atoms with Crippen molar-refractivity contribution in [2.24, 2.45) is 10.9 Å². The second kappa shape index (κ2) is 11.9. The van der Waals surface area contributed by atoms with Gasteiger partial charge >= 0.3 is 0 Å². The molecule has 0 radical (unpaired) electrons. The van der Waals surface area contributed by atoms with Gasteiger partial charge in [0.15, 0.2) is 5.96 Å². The average molecular weight is 452 g/mol. The van der Waals surface area contributed by atoms with E-state index in [2.05, 4.69) is 15.6 Å². The van der Waals surface area contributed by atoms with Crippen molar-refractivity contribution in [1.29, 1.82) is 0 Å². The largest absolute Gasteiger partial charge is 0.382 e. The number of carbonyl (C=O) groups is 1. The van der Waals surface area contributed by atoms with E-state index in [1.807, 2.05) is 11.8 Å². The molecule has 0 spiro atoms. The number of nitrogens with one attached hydrogen (secondary N) is 2. The van der Waals surface area contributed by atoms with Crippen molar-refractivity contribution >= 4 is 35.8 Å². The smallest absolute Gasteiger partial charge is 0.225 e. The van der Waals surface area contributed by atoms with Crippen molar-refractivity contribution < 1.29 is 9.53 Å². The minimum Gasteiger partial charge on any atom is -0.382 e. The number of halogens is 1. The summed E-state index contributed by atoms with van der Waals surface area (Å²) in [6, 6.07) is 0.304. The van der Waals surface area contributed by atoms with Crippen LogP contribution in [0.5, 0.6) is 0 Å². The highest BCUT2D eigenvalue weighted by Crippen LogP contribution is 2.27. The average Bonchev–Trinajstić information content (AvgIpc) is 3.24. The molecule has 1 heterocycles. The fourth-order valence-electron chi connectivity index (χ4n) is 3.42. The number of aliphatic imine (C=N–C) groups is 1. The van der Waals surface area contributed by atoms with Crippen LogP contribution < -0.4 is 10.6 Å². The minimum absolute atomic E-state index is 0. The third-order valence-corrected chi connectivity index (χ3v) is 4.73. The van der Waals surface area contributed by atoms with Gasteiger partial charge in [-0.3, -0.25) is 9.79 Å². The molecule has 1 saturated heterocycles. The highest BCUT2D eigenvalue weighted by atomic mass is 127. The van der Waals surface area contributed by atoms with Gasteiger partial charge in [-0.1, -0.05) is 12.8 Å². The predicted octanol–water partition coefficient (Wildman–Crippen LogP) is 1.99. The van der Waals surface area contributed by atoms with Crippen molar-refractivity contribution in [3.63, 3.8) is 0 Å². The first-order valence-electron chi connectivity index (χ1n) is 9.08. The Morgan fingerprint density at radius 2 is 2.04 bits per heavy atom. The Balaban J connectivity index is 0.00000288. The molecule has 0 aromatic heterocycles. The van der Waals surface area contributed by atoms with Crippen LogP contribution in [-0.2, 0) is 9.53 Å². The summed E-state index contributed by atoms with van der Waals surface area (Å²) in [7, 11) is 1.79. The summed E-state index contributed by atoms with van der Waals surface area (Å²) in [4.78, 5) is 18.8. The maximum Gasteiger partial charge on any atom is 0.225 e. The standard InChI is InChI=1S/C17H32N4O2.HI/c1-3-23-12-6-10-19-17(18-2)20-15-9-11-21(13-15)16(22)14-7-4-5-8-14;/h14-15H,3-13H2,1-2H3,(H2,18,19,20);1H. The number of rotatable bonds is 7. The third-order valence-electron chi connectivity index (χ3n) is 4.73. The van der Waals surface area contributed by atoms with Gasteiger partial charge in [0, 0.05) is 51.9 Å². The number of nitrogens with zero attached hydrogens (tertiary/aromatic N) is 2. The Labute approximate surface area is 163 Å². The number of carbonyl (C=O) groups excluding carboxylic acids is 1. The summed E-state index contributed by atoms with van der Waals surface area (Å²) in [5, 5.41) is 6.75. The first kappa shape index (κ1) is 21.5. The second-order valence-electron chi connectivity index (χ2n) is 6.45. The second-order valence-corrected chi connectivity index (χ2v) is 6.45. The lowest BCUT2D eigenvalue weighted by molar-refractivity contribution is -0.134. The van der Waals surface area contributed by atoms with E-state index in [1.54, 1.807) is 7.05 Å². The van der Waals surface area contributed by atoms with Crippen LogP contribution in [0, 0.1) is 5.92 Å². The van der Waals surface area contributed by atoms with Crippen LogP contribution in [-0.4, -0.2) is 62.7 Å². The van der Waals surface area contributed by atoms with Gasteiger partial charge in [-0.05, 0) is 32.6 Å². The van der Waals surface area contributed by atoms with Crippen LogP contribution in [0.4, 0.5) is 0 Å². The Kier molecular flexibility index (Phi) is 10.6. The topological polar surface area (TPSA) is 66.0 Å². The first-order valence-corrected chi connectivity index (χ1v) is 9.08. The number of amides is 1. The molecule has 24 heavy (non-hydrogen) atoms. The molecule has 140 valence electrons. The molecular formula is C17H33IN4O2. The number of guanidine groups is 1. The molecule has 1 unspecified atom stereocenters. The summed E-state index contributed by atoms with van der Waals surface area (Å²) < 4.78 is 5.33. The summed E-state index contributed by atoms with van der Waals surface area (Å²) in [6.07, 6.45) is 6.55. The Bertz CT molecular complexity index is 400. The van der Waals surface area contributed by atoms with Crippen LogP contribution in [0.2, 0.25) is 0 Å². The van der Waals surface area contributed by atoms with Crippen LogP contribution >= 0.6 is 24.0 Å². The molecule has 1 aliphatic carbocycles. The highest BCUT2D eigenvalue weighted by Gasteiger charge is 2.32. The zero-order valence-corrected chi connectivity index (χ0v) is 17.4. The molecule has 1 atom stereocenters. The first-order chi connectivity index (χ1) is 11.2. The summed E-state index contributed by atoms with van der Waals surface area (Å²) in [5.74, 6) is 1.47. The fourth-order valence-corrected chi connectivity index (χ4v) is 3.42. The monoisotopic (exact) mass is 452 g/mol. The van der Waals surface area contributed by atoms with Crippen molar-refractivity contribution in [3.8, 4) is 0 Å². The van der Waals surface area contributed by atoms with Crippen LogP contribution in [0.1, 0.15) is 45.4 Å². The van der Waals surface area contributed by atoms with Crippen molar-refractivity contribution in [2.75, 3.05) is 39.9 Å². The van der Waals surface area contributed by atoms with E-state index in [9.17, 15) is 4.79 Å². The van der Waals surface area contributed by atoms with E-state index >= 15 is 0 Å². The molecule has 2 aliphatic rings. The molecule has 2 fully saturated rings. The highest BCUT2D eigenvalue weighted by molar-refractivity contribution is 14.0. The van der Waals surface area contributed by atoms with Gasteiger partial charge in [0.1, 0.15) is 0 Å². The van der Waals surface area contributed by atoms with Crippen LogP contribution in [0.15, 0.2) is 4.99 Å². The molecule has 1 amide bonds. The lowest BCUT2D eigenvalue weighted by Crippen LogP contribution is -2.45. The third kappa shape index (κ3) is 6.74. The molecule has 0 aromatic carbocycles. The normalized spacial score (nSPS) is 21.7. The van der Waals surface area contributed by atoms with Gasteiger partial charge in [-0.2, -0.15) is 0 Å². The zero-order valence-electron chi connectivity index (χ0n) is 15.1. The van der Waals surface area contributed by atoms with E-state index in [1.165, 1.54) is 12.8 Å². The Hall–Kier alpha value is -0.570. The lowest BCUT2D eigenvalue weighted by Gasteiger charge is -2.21. The summed E-state index contributed by atoms with van der Waals surface area (Å²) in [5.41, 5.74) is 0. The number of hydrogen-bond acceptors (Lipinski definition) is 3. The molecule has 6 nitrogen and oxygen atoms in total. The molecule has 2 N–H and O–H groups in total. The van der Waals surface area contributed by atoms with Gasteiger partial charge in [0.2, 0.25) is 5.91 Å². The quantitative estimate of drug-likeness (QED) is 0.269. The SMILES string of the molecule is CCOCCCNC(=NC)NC1CCN(C(=O)C2CCCC2)C1.I. The summed E-state index contributed by atoms with van der Waals surface area (Å²) >= 11 is 0. The predicted molar refractivity (Wildman–Crippen MR) is 108 cm³/mol. The molecule has 1 aliphatic heterocycles. The molecule has 0 bridgehead atoms. The lowest BCUT2D eigenvalue weighted by atomic mass is 10.1. The Morgan fingerprint density at radius 3 is 2.71 bits per heavy atom. The van der Waals surface area contributed by atoms with Gasteiger partial charge < -0.3 is 20.3 Å². The number of ether oxygens (including phenoxy) is 1. The van der Waals surface area contributed by atoms with Crippen molar-refractivity contribution in [3.05, 3.63) is 0 Å².